The number of anilines is 1. The zero-order valence-electron chi connectivity index (χ0n) is 13.8. The lowest BCUT2D eigenvalue weighted by molar-refractivity contribution is 0.0714. The second-order valence-corrected chi connectivity index (χ2v) is 6.26. The molecule has 1 amide bonds. The van der Waals surface area contributed by atoms with Gasteiger partial charge in [-0.25, -0.2) is 4.98 Å². The minimum absolute atomic E-state index is 0.137. The van der Waals surface area contributed by atoms with Gasteiger partial charge in [-0.2, -0.15) is 0 Å². The van der Waals surface area contributed by atoms with E-state index in [1.165, 1.54) is 6.20 Å². The fourth-order valence-corrected chi connectivity index (χ4v) is 2.35. The van der Waals surface area contributed by atoms with Crippen LogP contribution in [0.15, 0.2) is 42.6 Å². The number of hydrogen-bond acceptors (Lipinski definition) is 4. The Morgan fingerprint density at radius 1 is 1.33 bits per heavy atom. The van der Waals surface area contributed by atoms with Gasteiger partial charge in [-0.15, -0.1) is 0 Å². The number of carbonyl (C=O) groups excluding carboxylic acids is 1. The summed E-state index contributed by atoms with van der Waals surface area (Å²) in [6.45, 7) is 4.61. The molecule has 1 unspecified atom stereocenters. The van der Waals surface area contributed by atoms with E-state index >= 15 is 0 Å². The lowest BCUT2D eigenvalue weighted by Crippen LogP contribution is -2.31. The molecule has 0 radical (unpaired) electrons. The monoisotopic (exact) mass is 347 g/mol. The minimum Gasteiger partial charge on any atom is -0.384 e. The highest BCUT2D eigenvalue weighted by Crippen LogP contribution is 2.23. The summed E-state index contributed by atoms with van der Waals surface area (Å²) in [5, 5.41) is 17.1. The van der Waals surface area contributed by atoms with E-state index in [4.69, 9.17) is 11.6 Å². The van der Waals surface area contributed by atoms with Crippen LogP contribution in [-0.2, 0) is 5.60 Å². The molecule has 0 aliphatic carbocycles. The molecule has 0 spiro atoms. The third kappa shape index (κ3) is 4.94. The van der Waals surface area contributed by atoms with Crippen LogP contribution in [0.1, 0.15) is 36.2 Å². The highest BCUT2D eigenvalue weighted by molar-refractivity contribution is 6.30. The van der Waals surface area contributed by atoms with Crippen LogP contribution in [0.4, 0.5) is 5.82 Å². The molecule has 1 aromatic heterocycles. The Morgan fingerprint density at radius 2 is 2.12 bits per heavy atom. The Kier molecular flexibility index (Phi) is 6.17. The molecule has 0 saturated heterocycles. The minimum atomic E-state index is -1.09. The molecule has 1 heterocycles. The molecule has 6 heteroatoms. The largest absolute Gasteiger partial charge is 0.384 e. The number of carbonyl (C=O) groups is 1. The first-order valence-electron chi connectivity index (χ1n) is 7.89. The maximum atomic E-state index is 11.8. The van der Waals surface area contributed by atoms with E-state index in [9.17, 15) is 9.90 Å². The van der Waals surface area contributed by atoms with E-state index in [0.717, 1.165) is 12.0 Å². The standard InChI is InChI=1S/C18H22ClN3O2/c1-3-9-20-17(23)13-7-8-16(21-11-13)22-12-18(2,24)14-5-4-6-15(19)10-14/h4-8,10-11,24H,3,9,12H2,1-2H3,(H,20,23)(H,21,22). The highest BCUT2D eigenvalue weighted by Gasteiger charge is 2.23. The van der Waals surface area contributed by atoms with Gasteiger partial charge in [-0.1, -0.05) is 30.7 Å². The Bertz CT molecular complexity index is 687. The van der Waals surface area contributed by atoms with Crippen molar-refractivity contribution in [2.45, 2.75) is 25.9 Å². The third-order valence-electron chi connectivity index (χ3n) is 3.62. The van der Waals surface area contributed by atoms with Crippen molar-refractivity contribution < 1.29 is 9.90 Å². The van der Waals surface area contributed by atoms with Crippen LogP contribution in [0, 0.1) is 0 Å². The van der Waals surface area contributed by atoms with Crippen molar-refractivity contribution in [3.05, 3.63) is 58.7 Å². The fourth-order valence-electron chi connectivity index (χ4n) is 2.16. The Labute approximate surface area is 147 Å². The second kappa shape index (κ2) is 8.13. The summed E-state index contributed by atoms with van der Waals surface area (Å²) in [5.74, 6) is 0.450. The Morgan fingerprint density at radius 3 is 2.75 bits per heavy atom. The predicted molar refractivity (Wildman–Crippen MR) is 96.4 cm³/mol. The number of halogens is 1. The molecule has 0 bridgehead atoms. The Balaban J connectivity index is 1.97. The van der Waals surface area contributed by atoms with Crippen LogP contribution in [0.2, 0.25) is 5.02 Å². The van der Waals surface area contributed by atoms with E-state index in [1.807, 2.05) is 13.0 Å². The smallest absolute Gasteiger partial charge is 0.252 e. The maximum Gasteiger partial charge on any atom is 0.252 e. The van der Waals surface area contributed by atoms with Crippen LogP contribution in [0.5, 0.6) is 0 Å². The van der Waals surface area contributed by atoms with E-state index in [0.29, 0.717) is 22.9 Å². The van der Waals surface area contributed by atoms with Gasteiger partial charge in [0, 0.05) is 24.3 Å². The summed E-state index contributed by atoms with van der Waals surface area (Å²) in [6.07, 6.45) is 2.40. The summed E-state index contributed by atoms with van der Waals surface area (Å²) in [6, 6.07) is 10.5. The molecule has 2 rings (SSSR count). The van der Waals surface area contributed by atoms with E-state index < -0.39 is 5.60 Å². The van der Waals surface area contributed by atoms with Gasteiger partial charge in [-0.05, 0) is 43.2 Å². The summed E-state index contributed by atoms with van der Waals surface area (Å²) in [5.41, 5.74) is 0.137. The lowest BCUT2D eigenvalue weighted by Gasteiger charge is -2.24. The first-order valence-corrected chi connectivity index (χ1v) is 8.26. The number of aromatic nitrogens is 1. The average molecular weight is 348 g/mol. The molecule has 0 aliphatic heterocycles. The van der Waals surface area contributed by atoms with Gasteiger partial charge < -0.3 is 15.7 Å². The van der Waals surface area contributed by atoms with Crippen LogP contribution in [0.3, 0.4) is 0 Å². The molecule has 2 aromatic rings. The van der Waals surface area contributed by atoms with Crippen LogP contribution in [0.25, 0.3) is 0 Å². The molecule has 0 fully saturated rings. The number of rotatable bonds is 7. The van der Waals surface area contributed by atoms with Gasteiger partial charge in [-0.3, -0.25) is 4.79 Å². The quantitative estimate of drug-likeness (QED) is 0.719. The van der Waals surface area contributed by atoms with Crippen molar-refractivity contribution in [1.82, 2.24) is 10.3 Å². The van der Waals surface area contributed by atoms with Gasteiger partial charge in [0.1, 0.15) is 11.4 Å². The molecule has 5 nitrogen and oxygen atoms in total. The number of aliphatic hydroxyl groups is 1. The molecule has 3 N–H and O–H groups in total. The van der Waals surface area contributed by atoms with E-state index in [-0.39, 0.29) is 12.5 Å². The lowest BCUT2D eigenvalue weighted by atomic mass is 9.96. The van der Waals surface area contributed by atoms with Crippen LogP contribution in [-0.4, -0.2) is 29.1 Å². The summed E-state index contributed by atoms with van der Waals surface area (Å²) in [7, 11) is 0. The molecule has 1 atom stereocenters. The first kappa shape index (κ1) is 18.2. The van der Waals surface area contributed by atoms with Crippen LogP contribution < -0.4 is 10.6 Å². The third-order valence-corrected chi connectivity index (χ3v) is 3.86. The van der Waals surface area contributed by atoms with Crippen molar-refractivity contribution in [2.75, 3.05) is 18.4 Å². The SMILES string of the molecule is CCCNC(=O)c1ccc(NCC(C)(O)c2cccc(Cl)c2)nc1. The van der Waals surface area contributed by atoms with E-state index in [1.54, 1.807) is 37.3 Å². The summed E-state index contributed by atoms with van der Waals surface area (Å²) >= 11 is 5.97. The topological polar surface area (TPSA) is 74.2 Å². The van der Waals surface area contributed by atoms with Gasteiger partial charge in [0.2, 0.25) is 0 Å². The van der Waals surface area contributed by atoms with Gasteiger partial charge in [0.15, 0.2) is 0 Å². The number of nitrogens with one attached hydrogen (secondary N) is 2. The molecular weight excluding hydrogens is 326 g/mol. The molecule has 0 aliphatic rings. The van der Waals surface area contributed by atoms with Crippen molar-refractivity contribution >= 4 is 23.3 Å². The Hall–Kier alpha value is -2.11. The van der Waals surface area contributed by atoms with Crippen molar-refractivity contribution in [3.63, 3.8) is 0 Å². The first-order chi connectivity index (χ1) is 11.4. The number of amides is 1. The van der Waals surface area contributed by atoms with Crippen molar-refractivity contribution in [1.29, 1.82) is 0 Å². The molecule has 0 saturated carbocycles. The fraction of sp³-hybridized carbons (Fsp3) is 0.333. The number of hydrogen-bond donors (Lipinski definition) is 3. The van der Waals surface area contributed by atoms with Gasteiger partial charge >= 0.3 is 0 Å². The van der Waals surface area contributed by atoms with Crippen molar-refractivity contribution in [2.24, 2.45) is 0 Å². The van der Waals surface area contributed by atoms with Crippen LogP contribution >= 0.6 is 11.6 Å². The zero-order chi connectivity index (χ0) is 17.6. The molecule has 128 valence electrons. The number of pyridine rings is 1. The average Bonchev–Trinajstić information content (AvgIpc) is 2.58. The number of benzene rings is 1. The second-order valence-electron chi connectivity index (χ2n) is 5.83. The highest BCUT2D eigenvalue weighted by atomic mass is 35.5. The van der Waals surface area contributed by atoms with Gasteiger partial charge in [0.25, 0.3) is 5.91 Å². The maximum absolute atomic E-state index is 11.8. The zero-order valence-corrected chi connectivity index (χ0v) is 14.6. The molecule has 1 aromatic carbocycles. The molecular formula is C18H22ClN3O2. The van der Waals surface area contributed by atoms with E-state index in [2.05, 4.69) is 15.6 Å². The normalized spacial score (nSPS) is 13.2. The number of nitrogens with zero attached hydrogens (tertiary/aromatic N) is 1. The van der Waals surface area contributed by atoms with Gasteiger partial charge in [0.05, 0.1) is 5.56 Å². The summed E-state index contributed by atoms with van der Waals surface area (Å²) in [4.78, 5) is 16.0. The summed E-state index contributed by atoms with van der Waals surface area (Å²) < 4.78 is 0. The van der Waals surface area contributed by atoms with Crippen molar-refractivity contribution in [3.8, 4) is 0 Å². The predicted octanol–water partition coefficient (Wildman–Crippen LogP) is 3.19. The molecule has 24 heavy (non-hydrogen) atoms.